The maximum atomic E-state index is 13.6. The molecule has 0 saturated heterocycles. The molecular weight excluding hydrogens is 301 g/mol. The van der Waals surface area contributed by atoms with E-state index in [4.69, 9.17) is 11.6 Å². The molecule has 1 heterocycles. The first kappa shape index (κ1) is 14.9. The molecule has 0 fully saturated rings. The summed E-state index contributed by atoms with van der Waals surface area (Å²) < 4.78 is 13.6. The number of benzene rings is 1. The SMILES string of the molecule is Cc1cc(Cl)c(C(=O)Nc2cc([N+](=O)[O-])ccc2F)cn1. The van der Waals surface area contributed by atoms with Gasteiger partial charge in [-0.2, -0.15) is 0 Å². The van der Waals surface area contributed by atoms with E-state index in [1.54, 1.807) is 6.92 Å². The number of non-ortho nitro benzene ring substituents is 1. The molecule has 2 aromatic rings. The van der Waals surface area contributed by atoms with Crippen LogP contribution in [0.3, 0.4) is 0 Å². The number of pyridine rings is 1. The van der Waals surface area contributed by atoms with Crippen molar-refractivity contribution in [1.29, 1.82) is 0 Å². The summed E-state index contributed by atoms with van der Waals surface area (Å²) in [5.41, 5.74) is 0.0388. The fraction of sp³-hybridized carbons (Fsp3) is 0.0769. The largest absolute Gasteiger partial charge is 0.319 e. The molecule has 0 saturated carbocycles. The van der Waals surface area contributed by atoms with Crippen LogP contribution in [0, 0.1) is 22.9 Å². The number of anilines is 1. The number of hydrogen-bond donors (Lipinski definition) is 1. The minimum Gasteiger partial charge on any atom is -0.319 e. The zero-order chi connectivity index (χ0) is 15.6. The maximum Gasteiger partial charge on any atom is 0.271 e. The minimum absolute atomic E-state index is 0.0492. The predicted octanol–water partition coefficient (Wildman–Crippen LogP) is 3.34. The Morgan fingerprint density at radius 2 is 2.14 bits per heavy atom. The Bertz CT molecular complexity index is 737. The average Bonchev–Trinajstić information content (AvgIpc) is 2.40. The smallest absolute Gasteiger partial charge is 0.271 e. The summed E-state index contributed by atoms with van der Waals surface area (Å²) in [7, 11) is 0. The highest BCUT2D eigenvalue weighted by molar-refractivity contribution is 6.34. The molecule has 0 atom stereocenters. The number of rotatable bonds is 3. The van der Waals surface area contributed by atoms with Crippen LogP contribution in [0.1, 0.15) is 16.1 Å². The first-order chi connectivity index (χ1) is 9.88. The molecule has 0 aliphatic heterocycles. The number of aromatic nitrogens is 1. The quantitative estimate of drug-likeness (QED) is 0.696. The Kier molecular flexibility index (Phi) is 4.13. The second-order valence-corrected chi connectivity index (χ2v) is 4.59. The molecule has 0 radical (unpaired) electrons. The van der Waals surface area contributed by atoms with E-state index >= 15 is 0 Å². The van der Waals surface area contributed by atoms with Gasteiger partial charge in [0.15, 0.2) is 0 Å². The van der Waals surface area contributed by atoms with E-state index in [2.05, 4.69) is 10.3 Å². The van der Waals surface area contributed by atoms with E-state index in [9.17, 15) is 19.3 Å². The average molecular weight is 310 g/mol. The first-order valence-corrected chi connectivity index (χ1v) is 6.13. The van der Waals surface area contributed by atoms with Crippen LogP contribution in [0.15, 0.2) is 30.5 Å². The molecule has 1 aromatic heterocycles. The van der Waals surface area contributed by atoms with Crippen molar-refractivity contribution in [3.63, 3.8) is 0 Å². The van der Waals surface area contributed by atoms with Crippen LogP contribution < -0.4 is 5.32 Å². The van der Waals surface area contributed by atoms with Gasteiger partial charge in [-0.1, -0.05) is 11.6 Å². The lowest BCUT2D eigenvalue weighted by atomic mass is 10.2. The molecule has 6 nitrogen and oxygen atoms in total. The van der Waals surface area contributed by atoms with Gasteiger partial charge in [0.2, 0.25) is 0 Å². The highest BCUT2D eigenvalue weighted by Gasteiger charge is 2.16. The van der Waals surface area contributed by atoms with Crippen molar-refractivity contribution >= 4 is 28.9 Å². The lowest BCUT2D eigenvalue weighted by molar-refractivity contribution is -0.384. The molecule has 108 valence electrons. The summed E-state index contributed by atoms with van der Waals surface area (Å²) in [6.07, 6.45) is 1.25. The number of nitrogens with zero attached hydrogens (tertiary/aromatic N) is 2. The molecule has 21 heavy (non-hydrogen) atoms. The number of nitro groups is 1. The first-order valence-electron chi connectivity index (χ1n) is 5.76. The van der Waals surface area contributed by atoms with Crippen molar-refractivity contribution in [1.82, 2.24) is 4.98 Å². The van der Waals surface area contributed by atoms with Crippen LogP contribution in [0.25, 0.3) is 0 Å². The van der Waals surface area contributed by atoms with Gasteiger partial charge in [-0.05, 0) is 19.1 Å². The number of halogens is 2. The van der Waals surface area contributed by atoms with E-state index < -0.39 is 16.6 Å². The molecular formula is C13H9ClFN3O3. The van der Waals surface area contributed by atoms with Gasteiger partial charge in [-0.3, -0.25) is 19.9 Å². The lowest BCUT2D eigenvalue weighted by Gasteiger charge is -2.07. The van der Waals surface area contributed by atoms with Gasteiger partial charge in [0.05, 0.1) is 21.2 Å². The van der Waals surface area contributed by atoms with Crippen LogP contribution in [-0.4, -0.2) is 15.8 Å². The monoisotopic (exact) mass is 309 g/mol. The molecule has 0 aliphatic carbocycles. The number of carbonyl (C=O) groups excluding carboxylic acids is 1. The summed E-state index contributed by atoms with van der Waals surface area (Å²) in [6, 6.07) is 4.33. The van der Waals surface area contributed by atoms with Gasteiger partial charge in [0, 0.05) is 24.0 Å². The van der Waals surface area contributed by atoms with E-state index in [1.807, 2.05) is 0 Å². The fourth-order valence-corrected chi connectivity index (χ4v) is 1.90. The van der Waals surface area contributed by atoms with Crippen molar-refractivity contribution in [2.75, 3.05) is 5.32 Å². The summed E-state index contributed by atoms with van der Waals surface area (Å²) >= 11 is 5.91. The minimum atomic E-state index is -0.787. The summed E-state index contributed by atoms with van der Waals surface area (Å²) in [6.45, 7) is 1.70. The zero-order valence-electron chi connectivity index (χ0n) is 10.8. The van der Waals surface area contributed by atoms with Crippen LogP contribution in [-0.2, 0) is 0 Å². The van der Waals surface area contributed by atoms with E-state index in [0.29, 0.717) is 5.69 Å². The lowest BCUT2D eigenvalue weighted by Crippen LogP contribution is -2.14. The van der Waals surface area contributed by atoms with Gasteiger partial charge in [-0.15, -0.1) is 0 Å². The predicted molar refractivity (Wildman–Crippen MR) is 75.0 cm³/mol. The highest BCUT2D eigenvalue weighted by Crippen LogP contribution is 2.23. The number of nitrogens with one attached hydrogen (secondary N) is 1. The van der Waals surface area contributed by atoms with E-state index in [1.165, 1.54) is 12.3 Å². The van der Waals surface area contributed by atoms with Gasteiger partial charge in [0.25, 0.3) is 11.6 Å². The van der Waals surface area contributed by atoms with Crippen molar-refractivity contribution in [2.24, 2.45) is 0 Å². The molecule has 0 aliphatic rings. The van der Waals surface area contributed by atoms with Crippen molar-refractivity contribution in [2.45, 2.75) is 6.92 Å². The second-order valence-electron chi connectivity index (χ2n) is 4.18. The van der Waals surface area contributed by atoms with Crippen LogP contribution in [0.5, 0.6) is 0 Å². The maximum absolute atomic E-state index is 13.6. The summed E-state index contributed by atoms with van der Waals surface area (Å²) in [5, 5.41) is 13.0. The van der Waals surface area contributed by atoms with Gasteiger partial charge < -0.3 is 5.32 Å². The summed E-state index contributed by atoms with van der Waals surface area (Å²) in [5.74, 6) is -1.49. The van der Waals surface area contributed by atoms with Crippen LogP contribution >= 0.6 is 11.6 Å². The van der Waals surface area contributed by atoms with Crippen LogP contribution in [0.2, 0.25) is 5.02 Å². The third-order valence-corrected chi connectivity index (χ3v) is 2.96. The summed E-state index contributed by atoms with van der Waals surface area (Å²) in [4.78, 5) is 25.9. The van der Waals surface area contributed by atoms with Crippen LogP contribution in [0.4, 0.5) is 15.8 Å². The Balaban J connectivity index is 2.31. The Hall–Kier alpha value is -2.54. The molecule has 1 N–H and O–H groups in total. The number of amides is 1. The van der Waals surface area contributed by atoms with Crippen molar-refractivity contribution < 1.29 is 14.1 Å². The van der Waals surface area contributed by atoms with Crippen molar-refractivity contribution in [3.8, 4) is 0 Å². The number of hydrogen-bond acceptors (Lipinski definition) is 4. The van der Waals surface area contributed by atoms with Gasteiger partial charge in [-0.25, -0.2) is 4.39 Å². The molecule has 0 spiro atoms. The molecule has 1 amide bonds. The Morgan fingerprint density at radius 3 is 2.76 bits per heavy atom. The standard InChI is InChI=1S/C13H9ClFN3O3/c1-7-4-10(14)9(6-16-7)13(19)17-12-5-8(18(20)21)2-3-11(12)15/h2-6H,1H3,(H,17,19). The highest BCUT2D eigenvalue weighted by atomic mass is 35.5. The Morgan fingerprint density at radius 1 is 1.43 bits per heavy atom. The van der Waals surface area contributed by atoms with Gasteiger partial charge >= 0.3 is 0 Å². The molecule has 8 heteroatoms. The zero-order valence-corrected chi connectivity index (χ0v) is 11.5. The molecule has 0 unspecified atom stereocenters. The third-order valence-electron chi connectivity index (χ3n) is 2.64. The third kappa shape index (κ3) is 3.32. The topological polar surface area (TPSA) is 85.1 Å². The second kappa shape index (κ2) is 5.84. The van der Waals surface area contributed by atoms with Gasteiger partial charge in [0.1, 0.15) is 5.82 Å². The molecule has 1 aromatic carbocycles. The number of aryl methyl sites for hydroxylation is 1. The van der Waals surface area contributed by atoms with E-state index in [-0.39, 0.29) is 22.0 Å². The molecule has 2 rings (SSSR count). The normalized spacial score (nSPS) is 10.2. The van der Waals surface area contributed by atoms with Crippen molar-refractivity contribution in [3.05, 3.63) is 62.7 Å². The fourth-order valence-electron chi connectivity index (χ4n) is 1.61. The Labute approximate surface area is 123 Å². The number of carbonyl (C=O) groups is 1. The number of nitro benzene ring substituents is 1. The van der Waals surface area contributed by atoms with E-state index in [0.717, 1.165) is 18.2 Å². The molecule has 0 bridgehead atoms.